The van der Waals surface area contributed by atoms with Crippen LogP contribution in [0.2, 0.25) is 0 Å². The lowest BCUT2D eigenvalue weighted by molar-refractivity contribution is -0.142. The Labute approximate surface area is 114 Å². The number of aliphatic carboxylic acids is 1. The van der Waals surface area contributed by atoms with Gasteiger partial charge in [0.25, 0.3) is 0 Å². The number of carboxylic acid groups (broad SMARTS) is 1. The number of rotatable bonds is 8. The van der Waals surface area contributed by atoms with Gasteiger partial charge in [0, 0.05) is 33.0 Å². The molecule has 1 atom stereocenters. The molecule has 0 spiro atoms. The van der Waals surface area contributed by atoms with Gasteiger partial charge in [0.05, 0.1) is 5.92 Å². The maximum Gasteiger partial charge on any atom is 0.308 e. The average Bonchev–Trinajstić information content (AvgIpc) is 2.27. The van der Waals surface area contributed by atoms with E-state index >= 15 is 0 Å². The molecular formula is C13H24N2O4. The first kappa shape index (κ1) is 17.4. The summed E-state index contributed by atoms with van der Waals surface area (Å²) in [5.74, 6) is -1.47. The van der Waals surface area contributed by atoms with Crippen LogP contribution in [0.5, 0.6) is 0 Å². The van der Waals surface area contributed by atoms with Crippen LogP contribution < -0.4 is 5.32 Å². The van der Waals surface area contributed by atoms with Gasteiger partial charge in [-0.15, -0.1) is 0 Å². The summed E-state index contributed by atoms with van der Waals surface area (Å²) in [6, 6.07) is 0. The van der Waals surface area contributed by atoms with Crippen LogP contribution in [0.1, 0.15) is 33.6 Å². The van der Waals surface area contributed by atoms with Crippen molar-refractivity contribution in [1.29, 1.82) is 0 Å². The molecule has 6 heteroatoms. The number of hydrogen-bond donors (Lipinski definition) is 2. The molecule has 0 bridgehead atoms. The molecule has 19 heavy (non-hydrogen) atoms. The van der Waals surface area contributed by atoms with E-state index in [0.717, 1.165) is 0 Å². The number of carboxylic acids is 1. The molecular weight excluding hydrogens is 248 g/mol. The molecule has 0 saturated heterocycles. The Hall–Kier alpha value is -1.59. The fourth-order valence-electron chi connectivity index (χ4n) is 1.53. The van der Waals surface area contributed by atoms with Gasteiger partial charge in [0.1, 0.15) is 0 Å². The fraction of sp³-hybridized carbons (Fsp3) is 0.769. The second-order valence-corrected chi connectivity index (χ2v) is 5.21. The van der Waals surface area contributed by atoms with E-state index in [0.29, 0.717) is 6.42 Å². The van der Waals surface area contributed by atoms with E-state index in [9.17, 15) is 14.4 Å². The number of carbonyl (C=O) groups excluding carboxylic acids is 2. The van der Waals surface area contributed by atoms with Gasteiger partial charge < -0.3 is 15.3 Å². The van der Waals surface area contributed by atoms with E-state index in [4.69, 9.17) is 5.11 Å². The third-order valence-electron chi connectivity index (χ3n) is 2.65. The monoisotopic (exact) mass is 272 g/mol. The summed E-state index contributed by atoms with van der Waals surface area (Å²) in [7, 11) is 1.57. The van der Waals surface area contributed by atoms with Gasteiger partial charge in [-0.05, 0) is 5.92 Å². The zero-order chi connectivity index (χ0) is 15.0. The minimum absolute atomic E-state index is 0.0654. The first-order valence-electron chi connectivity index (χ1n) is 6.47. The number of carbonyl (C=O) groups is 3. The molecule has 0 aromatic rings. The van der Waals surface area contributed by atoms with Crippen LogP contribution >= 0.6 is 0 Å². The standard InChI is InChI=1S/C13H24N2O4/c1-9(2)7-11(16)14-6-5-12(17)15(4)8-10(3)13(18)19/h9-10H,5-8H2,1-4H3,(H,14,16)(H,18,19). The smallest absolute Gasteiger partial charge is 0.308 e. The maximum atomic E-state index is 11.7. The Morgan fingerprint density at radius 3 is 2.26 bits per heavy atom. The molecule has 0 aliphatic heterocycles. The van der Waals surface area contributed by atoms with Gasteiger partial charge in [-0.3, -0.25) is 14.4 Å². The number of nitrogens with one attached hydrogen (secondary N) is 1. The zero-order valence-electron chi connectivity index (χ0n) is 12.1. The van der Waals surface area contributed by atoms with E-state index in [1.54, 1.807) is 14.0 Å². The highest BCUT2D eigenvalue weighted by atomic mass is 16.4. The predicted octanol–water partition coefficient (Wildman–Crippen LogP) is 0.718. The summed E-state index contributed by atoms with van der Waals surface area (Å²) in [6.07, 6.45) is 0.632. The van der Waals surface area contributed by atoms with Crippen LogP contribution in [0.3, 0.4) is 0 Å². The third kappa shape index (κ3) is 8.18. The first-order chi connectivity index (χ1) is 8.73. The highest BCUT2D eigenvalue weighted by Crippen LogP contribution is 2.01. The van der Waals surface area contributed by atoms with Crippen LogP contribution in [-0.4, -0.2) is 47.9 Å². The summed E-state index contributed by atoms with van der Waals surface area (Å²) < 4.78 is 0. The summed E-state index contributed by atoms with van der Waals surface area (Å²) in [5.41, 5.74) is 0. The second kappa shape index (κ2) is 8.50. The molecule has 1 unspecified atom stereocenters. The molecule has 6 nitrogen and oxygen atoms in total. The highest BCUT2D eigenvalue weighted by molar-refractivity contribution is 5.79. The van der Waals surface area contributed by atoms with Crippen molar-refractivity contribution >= 4 is 17.8 Å². The van der Waals surface area contributed by atoms with E-state index in [1.807, 2.05) is 13.8 Å². The van der Waals surface area contributed by atoms with Crippen LogP contribution in [0.15, 0.2) is 0 Å². The van der Waals surface area contributed by atoms with Crippen molar-refractivity contribution in [3.63, 3.8) is 0 Å². The lowest BCUT2D eigenvalue weighted by Crippen LogP contribution is -2.36. The number of amides is 2. The van der Waals surface area contributed by atoms with Crippen molar-refractivity contribution in [3.05, 3.63) is 0 Å². The molecule has 0 aromatic carbocycles. The molecule has 2 amide bonds. The summed E-state index contributed by atoms with van der Waals surface area (Å²) >= 11 is 0. The van der Waals surface area contributed by atoms with Gasteiger partial charge in [-0.2, -0.15) is 0 Å². The zero-order valence-corrected chi connectivity index (χ0v) is 12.1. The summed E-state index contributed by atoms with van der Waals surface area (Å²) in [6.45, 7) is 5.92. The second-order valence-electron chi connectivity index (χ2n) is 5.21. The van der Waals surface area contributed by atoms with E-state index in [-0.39, 0.29) is 37.2 Å². The normalized spacial score (nSPS) is 12.1. The fourth-order valence-corrected chi connectivity index (χ4v) is 1.53. The molecule has 0 radical (unpaired) electrons. The lowest BCUT2D eigenvalue weighted by Gasteiger charge is -2.19. The van der Waals surface area contributed by atoms with Crippen LogP contribution in [0.4, 0.5) is 0 Å². The highest BCUT2D eigenvalue weighted by Gasteiger charge is 2.17. The Bertz CT molecular complexity index is 329. The van der Waals surface area contributed by atoms with Gasteiger partial charge in [-0.25, -0.2) is 0 Å². The van der Waals surface area contributed by atoms with Crippen molar-refractivity contribution in [1.82, 2.24) is 10.2 Å². The molecule has 0 fully saturated rings. The van der Waals surface area contributed by atoms with Gasteiger partial charge >= 0.3 is 5.97 Å². The predicted molar refractivity (Wildman–Crippen MR) is 71.5 cm³/mol. The van der Waals surface area contributed by atoms with Gasteiger partial charge in [-0.1, -0.05) is 20.8 Å². The Morgan fingerprint density at radius 1 is 1.21 bits per heavy atom. The molecule has 2 N–H and O–H groups in total. The van der Waals surface area contributed by atoms with Crippen molar-refractivity contribution in [2.45, 2.75) is 33.6 Å². The number of nitrogens with zero attached hydrogens (tertiary/aromatic N) is 1. The molecule has 0 heterocycles. The molecule has 0 saturated carbocycles. The average molecular weight is 272 g/mol. The Kier molecular flexibility index (Phi) is 7.79. The minimum Gasteiger partial charge on any atom is -0.481 e. The minimum atomic E-state index is -0.926. The summed E-state index contributed by atoms with van der Waals surface area (Å²) in [4.78, 5) is 35.1. The molecule has 0 aliphatic rings. The van der Waals surface area contributed by atoms with Gasteiger partial charge in [0.15, 0.2) is 0 Å². The van der Waals surface area contributed by atoms with Gasteiger partial charge in [0.2, 0.25) is 11.8 Å². The summed E-state index contributed by atoms with van der Waals surface area (Å²) in [5, 5.41) is 11.4. The van der Waals surface area contributed by atoms with E-state index < -0.39 is 11.9 Å². The number of hydrogen-bond acceptors (Lipinski definition) is 3. The topological polar surface area (TPSA) is 86.7 Å². The molecule has 0 aliphatic carbocycles. The van der Waals surface area contributed by atoms with Crippen LogP contribution in [0, 0.1) is 11.8 Å². The lowest BCUT2D eigenvalue weighted by atomic mass is 10.1. The van der Waals surface area contributed by atoms with E-state index in [1.165, 1.54) is 4.90 Å². The third-order valence-corrected chi connectivity index (χ3v) is 2.65. The quantitative estimate of drug-likeness (QED) is 0.681. The van der Waals surface area contributed by atoms with Crippen LogP contribution in [-0.2, 0) is 14.4 Å². The van der Waals surface area contributed by atoms with Crippen molar-refractivity contribution < 1.29 is 19.5 Å². The Balaban J connectivity index is 3.91. The first-order valence-corrected chi connectivity index (χ1v) is 6.47. The Morgan fingerprint density at radius 2 is 1.79 bits per heavy atom. The maximum absolute atomic E-state index is 11.7. The van der Waals surface area contributed by atoms with Crippen molar-refractivity contribution in [2.24, 2.45) is 11.8 Å². The largest absolute Gasteiger partial charge is 0.481 e. The molecule has 0 aromatic heterocycles. The molecule has 0 rings (SSSR count). The molecule has 110 valence electrons. The van der Waals surface area contributed by atoms with Crippen molar-refractivity contribution in [2.75, 3.05) is 20.1 Å². The van der Waals surface area contributed by atoms with Crippen molar-refractivity contribution in [3.8, 4) is 0 Å². The van der Waals surface area contributed by atoms with Crippen LogP contribution in [0.25, 0.3) is 0 Å². The van der Waals surface area contributed by atoms with E-state index in [2.05, 4.69) is 5.32 Å². The SMILES string of the molecule is CC(C)CC(=O)NCCC(=O)N(C)CC(C)C(=O)O.